The molecule has 38 heavy (non-hydrogen) atoms. The number of carbonyl (C=O) groups is 2. The van der Waals surface area contributed by atoms with Gasteiger partial charge in [-0.25, -0.2) is 4.79 Å². The van der Waals surface area contributed by atoms with Crippen molar-refractivity contribution in [2.24, 2.45) is 0 Å². The minimum absolute atomic E-state index is 0.0928. The molecule has 8 nitrogen and oxygen atoms in total. The summed E-state index contributed by atoms with van der Waals surface area (Å²) in [5.74, 6) is 0.602. The number of ether oxygens (including phenoxy) is 3. The Bertz CT molecular complexity index is 1120. The third-order valence-corrected chi connectivity index (χ3v) is 7.49. The fourth-order valence-corrected chi connectivity index (χ4v) is 5.08. The maximum absolute atomic E-state index is 12.5. The lowest BCUT2D eigenvalue weighted by Gasteiger charge is -2.36. The second-order valence-electron chi connectivity index (χ2n) is 9.76. The number of anilines is 2. The molecule has 2 aliphatic rings. The van der Waals surface area contributed by atoms with Crippen LogP contribution in [0.2, 0.25) is 10.0 Å². The van der Waals surface area contributed by atoms with Crippen LogP contribution in [-0.4, -0.2) is 69.1 Å². The number of rotatable bonds is 10. The fraction of sp³-hybridized carbons (Fsp3) is 0.500. The summed E-state index contributed by atoms with van der Waals surface area (Å²) in [6.45, 7) is 8.68. The summed E-state index contributed by atoms with van der Waals surface area (Å²) >= 11 is 12.6. The van der Waals surface area contributed by atoms with Crippen LogP contribution in [0, 0.1) is 0 Å². The van der Waals surface area contributed by atoms with Gasteiger partial charge in [-0.1, -0.05) is 35.3 Å². The van der Waals surface area contributed by atoms with E-state index in [9.17, 15) is 9.59 Å². The van der Waals surface area contributed by atoms with E-state index in [1.807, 2.05) is 36.4 Å². The van der Waals surface area contributed by atoms with Crippen molar-refractivity contribution in [2.45, 2.75) is 45.6 Å². The van der Waals surface area contributed by atoms with Gasteiger partial charge in [-0.2, -0.15) is 0 Å². The van der Waals surface area contributed by atoms with E-state index in [1.165, 1.54) is 4.90 Å². The Morgan fingerprint density at radius 1 is 1.00 bits per heavy atom. The van der Waals surface area contributed by atoms with Crippen LogP contribution in [-0.2, 0) is 20.7 Å². The summed E-state index contributed by atoms with van der Waals surface area (Å²) in [7, 11) is 0. The molecule has 1 amide bonds. The zero-order chi connectivity index (χ0) is 27.1. The van der Waals surface area contributed by atoms with Gasteiger partial charge in [0, 0.05) is 38.7 Å². The highest BCUT2D eigenvalue weighted by Crippen LogP contribution is 2.33. The fourth-order valence-electron chi connectivity index (χ4n) is 4.67. The van der Waals surface area contributed by atoms with Crippen molar-refractivity contribution >= 4 is 46.6 Å². The van der Waals surface area contributed by atoms with Crippen LogP contribution in [0.1, 0.15) is 38.7 Å². The quantitative estimate of drug-likeness (QED) is 0.268. The minimum atomic E-state index is -0.790. The maximum atomic E-state index is 12.5. The molecule has 2 aliphatic heterocycles. The smallest absolute Gasteiger partial charge is 0.494 e. The highest BCUT2D eigenvalue weighted by atomic mass is 35.5. The molecule has 206 valence electrons. The monoisotopic (exact) mass is 563 g/mol. The number of hydrogen-bond acceptors (Lipinski definition) is 7. The number of fused-ring (bicyclic) bond motifs is 1. The second-order valence-corrected chi connectivity index (χ2v) is 10.5. The molecule has 0 N–H and O–H groups in total. The van der Waals surface area contributed by atoms with Crippen LogP contribution >= 0.6 is 23.2 Å². The molecule has 2 heterocycles. The predicted molar refractivity (Wildman–Crippen MR) is 150 cm³/mol. The van der Waals surface area contributed by atoms with Gasteiger partial charge in [0.1, 0.15) is 5.75 Å². The lowest BCUT2D eigenvalue weighted by atomic mass is 10.0. The summed E-state index contributed by atoms with van der Waals surface area (Å²) < 4.78 is 16.2. The van der Waals surface area contributed by atoms with Gasteiger partial charge in [-0.3, -0.25) is 14.6 Å². The maximum Gasteiger partial charge on any atom is 0.510 e. The number of halogens is 2. The Hall–Kier alpha value is -2.68. The van der Waals surface area contributed by atoms with E-state index < -0.39 is 6.16 Å². The molecule has 0 bridgehead atoms. The number of piperazine rings is 1. The second kappa shape index (κ2) is 13.4. The van der Waals surface area contributed by atoms with E-state index >= 15 is 0 Å². The number of carbonyl (C=O) groups excluding carboxylic acids is 2. The molecule has 4 rings (SSSR count). The van der Waals surface area contributed by atoms with Crippen LogP contribution < -0.4 is 14.5 Å². The van der Waals surface area contributed by atoms with Gasteiger partial charge in [0.15, 0.2) is 6.73 Å². The number of hydrogen-bond donors (Lipinski definition) is 0. The molecular weight excluding hydrogens is 529 g/mol. The highest BCUT2D eigenvalue weighted by molar-refractivity contribution is 6.43. The Morgan fingerprint density at radius 2 is 1.79 bits per heavy atom. The average molecular weight is 565 g/mol. The number of benzene rings is 2. The Kier molecular flexibility index (Phi) is 9.99. The topological polar surface area (TPSA) is 71.5 Å². The number of nitrogens with zero attached hydrogens (tertiary/aromatic N) is 3. The van der Waals surface area contributed by atoms with Crippen molar-refractivity contribution in [2.75, 3.05) is 55.9 Å². The van der Waals surface area contributed by atoms with Crippen LogP contribution in [0.15, 0.2) is 36.4 Å². The van der Waals surface area contributed by atoms with E-state index in [-0.39, 0.29) is 18.7 Å². The Morgan fingerprint density at radius 3 is 2.55 bits per heavy atom. The molecule has 0 radical (unpaired) electrons. The van der Waals surface area contributed by atoms with Crippen LogP contribution in [0.25, 0.3) is 0 Å². The molecule has 0 unspecified atom stereocenters. The largest absolute Gasteiger partial charge is 0.510 e. The van der Waals surface area contributed by atoms with E-state index in [4.69, 9.17) is 37.4 Å². The van der Waals surface area contributed by atoms with Crippen molar-refractivity contribution in [1.29, 1.82) is 0 Å². The van der Waals surface area contributed by atoms with Crippen LogP contribution in [0.4, 0.5) is 16.2 Å². The van der Waals surface area contributed by atoms with Crippen LogP contribution in [0.5, 0.6) is 5.75 Å². The van der Waals surface area contributed by atoms with Crippen molar-refractivity contribution in [3.63, 3.8) is 0 Å². The van der Waals surface area contributed by atoms with Gasteiger partial charge in [0.05, 0.1) is 34.1 Å². The SMILES string of the molecule is CC(C)OC(=O)OCN1C(=O)CCc2ccc(OCCCCN3CCN(c4cccc(Cl)c4Cl)CC3)cc21. The van der Waals surface area contributed by atoms with Gasteiger partial charge in [-0.15, -0.1) is 0 Å². The first-order valence-corrected chi connectivity index (χ1v) is 13.9. The number of aryl methyl sites for hydroxylation is 1. The Labute approximate surface area is 234 Å². The molecule has 1 fully saturated rings. The highest BCUT2D eigenvalue weighted by Gasteiger charge is 2.26. The summed E-state index contributed by atoms with van der Waals surface area (Å²) in [4.78, 5) is 30.5. The minimum Gasteiger partial charge on any atom is -0.494 e. The first-order valence-electron chi connectivity index (χ1n) is 13.1. The average Bonchev–Trinajstić information content (AvgIpc) is 2.89. The van der Waals surface area contributed by atoms with Gasteiger partial charge in [0.25, 0.3) is 0 Å². The molecule has 10 heteroatoms. The zero-order valence-electron chi connectivity index (χ0n) is 22.0. The van der Waals surface area contributed by atoms with E-state index in [0.29, 0.717) is 40.9 Å². The van der Waals surface area contributed by atoms with Gasteiger partial charge in [0.2, 0.25) is 5.91 Å². The third kappa shape index (κ3) is 7.46. The van der Waals surface area contributed by atoms with Gasteiger partial charge in [-0.05, 0) is 63.4 Å². The first-order chi connectivity index (χ1) is 18.3. The molecular formula is C28H35Cl2N3O5. The molecule has 0 saturated carbocycles. The van der Waals surface area contributed by atoms with Gasteiger partial charge >= 0.3 is 6.16 Å². The zero-order valence-corrected chi connectivity index (χ0v) is 23.5. The van der Waals surface area contributed by atoms with Gasteiger partial charge < -0.3 is 19.1 Å². The van der Waals surface area contributed by atoms with Crippen molar-refractivity contribution < 1.29 is 23.8 Å². The summed E-state index contributed by atoms with van der Waals surface area (Å²) in [6.07, 6.45) is 1.89. The van der Waals surface area contributed by atoms with E-state index in [1.54, 1.807) is 13.8 Å². The number of amides is 1. The van der Waals surface area contributed by atoms with Crippen molar-refractivity contribution in [1.82, 2.24) is 4.90 Å². The third-order valence-electron chi connectivity index (χ3n) is 6.68. The molecule has 0 spiro atoms. The van der Waals surface area contributed by atoms with Crippen molar-refractivity contribution in [3.05, 3.63) is 52.0 Å². The Balaban J connectivity index is 1.20. The number of unbranched alkanes of at least 4 members (excludes halogenated alkanes) is 1. The normalized spacial score (nSPS) is 16.0. The predicted octanol–water partition coefficient (Wildman–Crippen LogP) is 5.77. The summed E-state index contributed by atoms with van der Waals surface area (Å²) in [5, 5.41) is 1.21. The summed E-state index contributed by atoms with van der Waals surface area (Å²) in [6, 6.07) is 11.5. The first kappa shape index (κ1) is 28.3. The van der Waals surface area contributed by atoms with Crippen LogP contribution in [0.3, 0.4) is 0 Å². The standard InChI is InChI=1S/C28H35Cl2N3O5/c1-20(2)38-28(35)37-19-33-25-18-22(10-8-21(25)9-11-26(33)34)36-17-4-3-12-31-13-15-32(16-14-31)24-7-5-6-23(29)27(24)30/h5-8,10,18,20H,3-4,9,11-17,19H2,1-2H3. The molecule has 0 aliphatic carbocycles. The van der Waals surface area contributed by atoms with E-state index in [2.05, 4.69) is 9.80 Å². The molecule has 0 atom stereocenters. The molecule has 1 saturated heterocycles. The molecule has 2 aromatic carbocycles. The lowest BCUT2D eigenvalue weighted by Crippen LogP contribution is -2.46. The summed E-state index contributed by atoms with van der Waals surface area (Å²) in [5.41, 5.74) is 2.74. The molecule has 2 aromatic rings. The van der Waals surface area contributed by atoms with E-state index in [0.717, 1.165) is 56.8 Å². The lowest BCUT2D eigenvalue weighted by molar-refractivity contribution is -0.119. The van der Waals surface area contributed by atoms with Crippen molar-refractivity contribution in [3.8, 4) is 5.75 Å². The molecule has 0 aromatic heterocycles.